The van der Waals surface area contributed by atoms with Crippen molar-refractivity contribution in [1.82, 2.24) is 9.78 Å². The van der Waals surface area contributed by atoms with E-state index in [0.29, 0.717) is 11.6 Å². The summed E-state index contributed by atoms with van der Waals surface area (Å²) in [6, 6.07) is 13.3. The molecule has 3 rings (SSSR count). The SMILES string of the molecule is Cc1nn(C)c(NC(=O)COc2ccc(F)cc2)c1-c1ccc(Br)cc1. The van der Waals surface area contributed by atoms with Crippen LogP contribution in [-0.2, 0) is 11.8 Å². The number of benzene rings is 2. The van der Waals surface area contributed by atoms with E-state index in [4.69, 9.17) is 4.74 Å². The summed E-state index contributed by atoms with van der Waals surface area (Å²) in [5.74, 6) is 0.343. The number of ether oxygens (including phenoxy) is 1. The van der Waals surface area contributed by atoms with Crippen LogP contribution in [0.5, 0.6) is 5.75 Å². The molecule has 0 saturated heterocycles. The minimum absolute atomic E-state index is 0.185. The first-order valence-electron chi connectivity index (χ1n) is 7.92. The third-order valence-corrected chi connectivity index (χ3v) is 4.33. The fourth-order valence-corrected chi connectivity index (χ4v) is 2.88. The number of aromatic nitrogens is 2. The lowest BCUT2D eigenvalue weighted by atomic mass is 10.1. The average Bonchev–Trinajstić information content (AvgIpc) is 2.89. The number of hydrogen-bond donors (Lipinski definition) is 1. The van der Waals surface area contributed by atoms with Crippen LogP contribution >= 0.6 is 15.9 Å². The van der Waals surface area contributed by atoms with E-state index in [0.717, 1.165) is 21.3 Å². The van der Waals surface area contributed by atoms with Crippen LogP contribution in [0.1, 0.15) is 5.69 Å². The zero-order valence-corrected chi connectivity index (χ0v) is 15.9. The summed E-state index contributed by atoms with van der Waals surface area (Å²) in [4.78, 5) is 12.3. The van der Waals surface area contributed by atoms with Crippen molar-refractivity contribution in [2.75, 3.05) is 11.9 Å². The Labute approximate surface area is 158 Å². The summed E-state index contributed by atoms with van der Waals surface area (Å²) in [5.41, 5.74) is 2.62. The van der Waals surface area contributed by atoms with Gasteiger partial charge in [0, 0.05) is 17.1 Å². The molecule has 0 aliphatic heterocycles. The second-order valence-corrected chi connectivity index (χ2v) is 6.65. The van der Waals surface area contributed by atoms with Crippen molar-refractivity contribution in [3.8, 4) is 16.9 Å². The Kier molecular flexibility index (Phi) is 5.37. The molecule has 0 saturated carbocycles. The van der Waals surface area contributed by atoms with Crippen molar-refractivity contribution < 1.29 is 13.9 Å². The van der Waals surface area contributed by atoms with Crippen LogP contribution in [0.15, 0.2) is 53.0 Å². The number of rotatable bonds is 5. The van der Waals surface area contributed by atoms with Crippen LogP contribution in [-0.4, -0.2) is 22.3 Å². The standard InChI is InChI=1S/C19H17BrFN3O2/c1-12-18(13-3-5-14(20)6-4-13)19(24(2)23-12)22-17(25)11-26-16-9-7-15(21)8-10-16/h3-10H,11H2,1-2H3,(H,22,25). The summed E-state index contributed by atoms with van der Waals surface area (Å²) in [6.07, 6.45) is 0. The minimum atomic E-state index is -0.355. The smallest absolute Gasteiger partial charge is 0.263 e. The van der Waals surface area contributed by atoms with Crippen molar-refractivity contribution in [1.29, 1.82) is 0 Å². The van der Waals surface area contributed by atoms with Gasteiger partial charge in [-0.3, -0.25) is 9.48 Å². The van der Waals surface area contributed by atoms with Gasteiger partial charge in [-0.15, -0.1) is 0 Å². The van der Waals surface area contributed by atoms with Gasteiger partial charge in [-0.2, -0.15) is 5.10 Å². The maximum Gasteiger partial charge on any atom is 0.263 e. The first-order chi connectivity index (χ1) is 12.4. The van der Waals surface area contributed by atoms with E-state index in [1.165, 1.54) is 24.3 Å². The molecule has 0 bridgehead atoms. The van der Waals surface area contributed by atoms with Gasteiger partial charge < -0.3 is 10.1 Å². The molecule has 0 fully saturated rings. The monoisotopic (exact) mass is 417 g/mol. The van der Waals surface area contributed by atoms with Crippen molar-refractivity contribution in [2.24, 2.45) is 7.05 Å². The third kappa shape index (κ3) is 4.11. The molecule has 1 aromatic heterocycles. The van der Waals surface area contributed by atoms with E-state index >= 15 is 0 Å². The lowest BCUT2D eigenvalue weighted by molar-refractivity contribution is -0.118. The molecule has 0 atom stereocenters. The van der Waals surface area contributed by atoms with Gasteiger partial charge in [-0.05, 0) is 48.9 Å². The quantitative estimate of drug-likeness (QED) is 0.672. The highest BCUT2D eigenvalue weighted by Gasteiger charge is 2.17. The van der Waals surface area contributed by atoms with Gasteiger partial charge in [-0.1, -0.05) is 28.1 Å². The van der Waals surface area contributed by atoms with E-state index in [2.05, 4.69) is 26.3 Å². The Balaban J connectivity index is 1.75. The fourth-order valence-electron chi connectivity index (χ4n) is 2.61. The van der Waals surface area contributed by atoms with Gasteiger partial charge in [0.1, 0.15) is 17.4 Å². The molecule has 7 heteroatoms. The molecule has 5 nitrogen and oxygen atoms in total. The Bertz CT molecular complexity index is 921. The molecule has 1 amide bonds. The molecule has 2 aromatic carbocycles. The molecule has 0 aliphatic carbocycles. The Hall–Kier alpha value is -2.67. The zero-order chi connectivity index (χ0) is 18.7. The number of carbonyl (C=O) groups excluding carboxylic acids is 1. The first-order valence-corrected chi connectivity index (χ1v) is 8.71. The van der Waals surface area contributed by atoms with Crippen molar-refractivity contribution in [3.05, 3.63) is 64.5 Å². The van der Waals surface area contributed by atoms with Crippen LogP contribution < -0.4 is 10.1 Å². The number of halogens is 2. The molecule has 3 aromatic rings. The lowest BCUT2D eigenvalue weighted by Gasteiger charge is -2.10. The van der Waals surface area contributed by atoms with Crippen LogP contribution in [0.4, 0.5) is 10.2 Å². The second-order valence-electron chi connectivity index (χ2n) is 5.73. The van der Waals surface area contributed by atoms with Gasteiger partial charge >= 0.3 is 0 Å². The van der Waals surface area contributed by atoms with E-state index < -0.39 is 0 Å². The Morgan fingerprint density at radius 1 is 1.19 bits per heavy atom. The summed E-state index contributed by atoms with van der Waals surface area (Å²) in [7, 11) is 1.77. The molecular formula is C19H17BrFN3O2. The van der Waals surface area contributed by atoms with Crippen molar-refractivity contribution in [3.63, 3.8) is 0 Å². The largest absolute Gasteiger partial charge is 0.484 e. The van der Waals surface area contributed by atoms with Gasteiger partial charge in [0.05, 0.1) is 5.69 Å². The summed E-state index contributed by atoms with van der Waals surface area (Å²) < 4.78 is 20.9. The highest BCUT2D eigenvalue weighted by atomic mass is 79.9. The van der Waals surface area contributed by atoms with Crippen molar-refractivity contribution in [2.45, 2.75) is 6.92 Å². The summed E-state index contributed by atoms with van der Waals surface area (Å²) >= 11 is 3.42. The molecular weight excluding hydrogens is 401 g/mol. The molecule has 26 heavy (non-hydrogen) atoms. The van der Waals surface area contributed by atoms with E-state index in [1.807, 2.05) is 31.2 Å². The Morgan fingerprint density at radius 3 is 2.50 bits per heavy atom. The second kappa shape index (κ2) is 7.70. The summed E-state index contributed by atoms with van der Waals surface area (Å²) in [6.45, 7) is 1.71. The summed E-state index contributed by atoms with van der Waals surface area (Å²) in [5, 5.41) is 7.24. The van der Waals surface area contributed by atoms with Crippen LogP contribution in [0.2, 0.25) is 0 Å². The minimum Gasteiger partial charge on any atom is -0.484 e. The molecule has 134 valence electrons. The van der Waals surface area contributed by atoms with E-state index in [1.54, 1.807) is 11.7 Å². The number of hydrogen-bond acceptors (Lipinski definition) is 3. The van der Waals surface area contributed by atoms with E-state index in [9.17, 15) is 9.18 Å². The predicted molar refractivity (Wildman–Crippen MR) is 102 cm³/mol. The van der Waals surface area contributed by atoms with Crippen molar-refractivity contribution >= 4 is 27.7 Å². The highest BCUT2D eigenvalue weighted by Crippen LogP contribution is 2.31. The van der Waals surface area contributed by atoms with Gasteiger partial charge in [0.2, 0.25) is 0 Å². The number of aryl methyl sites for hydroxylation is 2. The van der Waals surface area contributed by atoms with Gasteiger partial charge in [-0.25, -0.2) is 4.39 Å². The third-order valence-electron chi connectivity index (χ3n) is 3.80. The zero-order valence-electron chi connectivity index (χ0n) is 14.3. The molecule has 0 aliphatic rings. The van der Waals surface area contributed by atoms with Gasteiger partial charge in [0.25, 0.3) is 5.91 Å². The normalized spacial score (nSPS) is 10.6. The average molecular weight is 418 g/mol. The van der Waals surface area contributed by atoms with Crippen LogP contribution in [0.3, 0.4) is 0 Å². The molecule has 0 spiro atoms. The van der Waals surface area contributed by atoms with Gasteiger partial charge in [0.15, 0.2) is 6.61 Å². The molecule has 0 radical (unpaired) electrons. The van der Waals surface area contributed by atoms with Crippen LogP contribution in [0.25, 0.3) is 11.1 Å². The number of carbonyl (C=O) groups is 1. The predicted octanol–water partition coefficient (Wildman–Crippen LogP) is 4.31. The lowest BCUT2D eigenvalue weighted by Crippen LogP contribution is -2.22. The number of amides is 1. The molecule has 1 heterocycles. The first kappa shape index (κ1) is 18.1. The fraction of sp³-hybridized carbons (Fsp3) is 0.158. The highest BCUT2D eigenvalue weighted by molar-refractivity contribution is 9.10. The van der Waals surface area contributed by atoms with E-state index in [-0.39, 0.29) is 18.3 Å². The maximum absolute atomic E-state index is 12.9. The topological polar surface area (TPSA) is 56.2 Å². The number of nitrogens with one attached hydrogen (secondary N) is 1. The Morgan fingerprint density at radius 2 is 1.85 bits per heavy atom. The number of anilines is 1. The molecule has 0 unspecified atom stereocenters. The maximum atomic E-state index is 12.9. The van der Waals surface area contributed by atoms with Crippen LogP contribution in [0, 0.1) is 12.7 Å². The number of nitrogens with zero attached hydrogens (tertiary/aromatic N) is 2. The molecule has 1 N–H and O–H groups in total.